The first-order chi connectivity index (χ1) is 13.2. The summed E-state index contributed by atoms with van der Waals surface area (Å²) in [6.45, 7) is 4.65. The highest BCUT2D eigenvalue weighted by atomic mass is 16.5. The van der Waals surface area contributed by atoms with E-state index in [0.717, 1.165) is 39.1 Å². The third-order valence-electron chi connectivity index (χ3n) is 4.36. The monoisotopic (exact) mass is 355 g/mol. The first-order valence-electron chi connectivity index (χ1n) is 9.11. The van der Waals surface area contributed by atoms with Gasteiger partial charge in [-0.05, 0) is 38.1 Å². The fraction of sp³-hybridized carbons (Fsp3) is 0.125. The van der Waals surface area contributed by atoms with Gasteiger partial charge in [0.15, 0.2) is 0 Å². The fourth-order valence-corrected chi connectivity index (χ4v) is 3.08. The molecule has 4 rings (SSSR count). The molecular weight excluding hydrogens is 334 g/mol. The van der Waals surface area contributed by atoms with Crippen LogP contribution in [0, 0.1) is 6.92 Å². The van der Waals surface area contributed by atoms with E-state index in [4.69, 9.17) is 14.1 Å². The Bertz CT molecular complexity index is 1140. The minimum atomic E-state index is 0.603. The van der Waals surface area contributed by atoms with E-state index in [0.29, 0.717) is 6.61 Å². The lowest BCUT2D eigenvalue weighted by Crippen LogP contribution is -2.04. The molecule has 134 valence electrons. The maximum atomic E-state index is 6.17. The maximum absolute atomic E-state index is 6.17. The third kappa shape index (κ3) is 3.63. The van der Waals surface area contributed by atoms with Crippen LogP contribution in [-0.2, 0) is 0 Å². The third-order valence-corrected chi connectivity index (χ3v) is 4.36. The van der Waals surface area contributed by atoms with Gasteiger partial charge < -0.3 is 9.15 Å². The van der Waals surface area contributed by atoms with Crippen molar-refractivity contribution >= 4 is 16.7 Å². The van der Waals surface area contributed by atoms with Gasteiger partial charge in [-0.15, -0.1) is 0 Å². The van der Waals surface area contributed by atoms with Crippen molar-refractivity contribution in [3.63, 3.8) is 0 Å². The standard InChI is InChI=1S/C24H21NO2/c1-3-26-23-12-8-7-11-20(23)25-21-16-24(18-9-5-4-6-10-18)27-22-14-13-17(2)15-19(21)22/h4-16H,3H2,1-2H3. The van der Waals surface area contributed by atoms with Gasteiger partial charge >= 0.3 is 0 Å². The molecule has 0 aliphatic heterocycles. The average molecular weight is 355 g/mol. The predicted octanol–water partition coefficient (Wildman–Crippen LogP) is 6.04. The van der Waals surface area contributed by atoms with E-state index in [1.54, 1.807) is 0 Å². The van der Waals surface area contributed by atoms with Crippen LogP contribution in [0.5, 0.6) is 5.75 Å². The quantitative estimate of drug-likeness (QED) is 0.447. The first-order valence-corrected chi connectivity index (χ1v) is 9.11. The first kappa shape index (κ1) is 17.1. The largest absolute Gasteiger partial charge is 0.492 e. The molecule has 27 heavy (non-hydrogen) atoms. The van der Waals surface area contributed by atoms with E-state index in [1.807, 2.05) is 73.7 Å². The van der Waals surface area contributed by atoms with Gasteiger partial charge in [-0.25, -0.2) is 4.99 Å². The van der Waals surface area contributed by atoms with Crippen molar-refractivity contribution in [2.24, 2.45) is 4.99 Å². The molecule has 1 aromatic heterocycles. The molecular formula is C24H21NO2. The fourth-order valence-electron chi connectivity index (χ4n) is 3.08. The SMILES string of the molecule is CCOc1ccccc1N=c1cc(-c2ccccc2)oc2ccc(C)cc12. The highest BCUT2D eigenvalue weighted by Crippen LogP contribution is 2.28. The van der Waals surface area contributed by atoms with Gasteiger partial charge in [0.1, 0.15) is 22.8 Å². The molecule has 0 atom stereocenters. The van der Waals surface area contributed by atoms with Gasteiger partial charge in [-0.1, -0.05) is 54.1 Å². The number of benzene rings is 3. The number of nitrogens with zero attached hydrogens (tertiary/aromatic N) is 1. The minimum Gasteiger partial charge on any atom is -0.492 e. The van der Waals surface area contributed by atoms with Crippen LogP contribution < -0.4 is 10.1 Å². The summed E-state index contributed by atoms with van der Waals surface area (Å²) >= 11 is 0. The Balaban J connectivity index is 2.00. The molecule has 0 aliphatic rings. The van der Waals surface area contributed by atoms with E-state index in [2.05, 4.69) is 19.1 Å². The van der Waals surface area contributed by atoms with Crippen LogP contribution in [0.4, 0.5) is 5.69 Å². The van der Waals surface area contributed by atoms with Gasteiger partial charge in [0.2, 0.25) is 0 Å². The van der Waals surface area contributed by atoms with Crippen molar-refractivity contribution in [2.45, 2.75) is 13.8 Å². The van der Waals surface area contributed by atoms with Crippen molar-refractivity contribution < 1.29 is 9.15 Å². The van der Waals surface area contributed by atoms with E-state index in [-0.39, 0.29) is 0 Å². The Labute approximate surface area is 158 Å². The number of ether oxygens (including phenoxy) is 1. The molecule has 0 fully saturated rings. The molecule has 0 N–H and O–H groups in total. The van der Waals surface area contributed by atoms with Crippen LogP contribution in [0.2, 0.25) is 0 Å². The van der Waals surface area contributed by atoms with Crippen molar-refractivity contribution in [1.29, 1.82) is 0 Å². The Morgan fingerprint density at radius 1 is 0.889 bits per heavy atom. The number of aryl methyl sites for hydroxylation is 1. The van der Waals surface area contributed by atoms with Crippen LogP contribution in [-0.4, -0.2) is 6.61 Å². The second-order valence-corrected chi connectivity index (χ2v) is 6.37. The normalized spacial score (nSPS) is 11.7. The highest BCUT2D eigenvalue weighted by molar-refractivity contribution is 5.79. The van der Waals surface area contributed by atoms with Gasteiger partial charge in [0.05, 0.1) is 12.0 Å². The Hall–Kier alpha value is -3.33. The molecule has 0 bridgehead atoms. The second-order valence-electron chi connectivity index (χ2n) is 6.37. The van der Waals surface area contributed by atoms with Gasteiger partial charge in [-0.2, -0.15) is 0 Å². The molecule has 3 nitrogen and oxygen atoms in total. The number of para-hydroxylation sites is 2. The second kappa shape index (κ2) is 7.50. The molecule has 0 spiro atoms. The van der Waals surface area contributed by atoms with E-state index in [1.165, 1.54) is 5.56 Å². The summed E-state index contributed by atoms with van der Waals surface area (Å²) in [4.78, 5) is 4.93. The zero-order chi connectivity index (χ0) is 18.6. The molecule has 3 heteroatoms. The van der Waals surface area contributed by atoms with E-state index in [9.17, 15) is 0 Å². The summed E-state index contributed by atoms with van der Waals surface area (Å²) in [7, 11) is 0. The molecule has 0 unspecified atom stereocenters. The lowest BCUT2D eigenvalue weighted by atomic mass is 10.1. The van der Waals surface area contributed by atoms with Gasteiger partial charge in [0.25, 0.3) is 0 Å². The Morgan fingerprint density at radius 3 is 2.48 bits per heavy atom. The number of hydrogen-bond acceptors (Lipinski definition) is 3. The Kier molecular flexibility index (Phi) is 4.75. The topological polar surface area (TPSA) is 34.7 Å². The van der Waals surface area contributed by atoms with Crippen LogP contribution >= 0.6 is 0 Å². The number of fused-ring (bicyclic) bond motifs is 1. The zero-order valence-corrected chi connectivity index (χ0v) is 15.5. The highest BCUT2D eigenvalue weighted by Gasteiger charge is 2.07. The lowest BCUT2D eigenvalue weighted by molar-refractivity contribution is 0.341. The molecule has 4 aromatic rings. The van der Waals surface area contributed by atoms with Crippen LogP contribution in [0.3, 0.4) is 0 Å². The number of hydrogen-bond donors (Lipinski definition) is 0. The summed E-state index contributed by atoms with van der Waals surface area (Å²) in [6.07, 6.45) is 0. The summed E-state index contributed by atoms with van der Waals surface area (Å²) in [5, 5.41) is 1.85. The summed E-state index contributed by atoms with van der Waals surface area (Å²) in [5.41, 5.74) is 3.82. The lowest BCUT2D eigenvalue weighted by Gasteiger charge is -2.08. The predicted molar refractivity (Wildman–Crippen MR) is 109 cm³/mol. The zero-order valence-electron chi connectivity index (χ0n) is 15.5. The molecule has 0 amide bonds. The van der Waals surface area contributed by atoms with Gasteiger partial charge in [-0.3, -0.25) is 0 Å². The molecule has 3 aromatic carbocycles. The molecule has 0 radical (unpaired) electrons. The molecule has 0 saturated heterocycles. The minimum absolute atomic E-state index is 0.603. The summed E-state index contributed by atoms with van der Waals surface area (Å²) in [6, 6.07) is 26.1. The smallest absolute Gasteiger partial charge is 0.144 e. The van der Waals surface area contributed by atoms with Crippen LogP contribution in [0.25, 0.3) is 22.3 Å². The summed E-state index contributed by atoms with van der Waals surface area (Å²) < 4.78 is 11.9. The van der Waals surface area contributed by atoms with Crippen molar-refractivity contribution in [3.8, 4) is 17.1 Å². The van der Waals surface area contributed by atoms with Crippen molar-refractivity contribution in [1.82, 2.24) is 0 Å². The van der Waals surface area contributed by atoms with Crippen molar-refractivity contribution in [3.05, 3.63) is 89.8 Å². The van der Waals surface area contributed by atoms with Gasteiger partial charge in [0, 0.05) is 17.0 Å². The molecule has 0 aliphatic carbocycles. The summed E-state index contributed by atoms with van der Waals surface area (Å²) in [5.74, 6) is 1.57. The van der Waals surface area contributed by atoms with Crippen LogP contribution in [0.1, 0.15) is 12.5 Å². The Morgan fingerprint density at radius 2 is 1.67 bits per heavy atom. The van der Waals surface area contributed by atoms with E-state index < -0.39 is 0 Å². The van der Waals surface area contributed by atoms with E-state index >= 15 is 0 Å². The average Bonchev–Trinajstić information content (AvgIpc) is 2.70. The maximum Gasteiger partial charge on any atom is 0.144 e. The van der Waals surface area contributed by atoms with Crippen molar-refractivity contribution in [2.75, 3.05) is 6.61 Å². The molecule has 0 saturated carbocycles. The van der Waals surface area contributed by atoms with Crippen LogP contribution in [0.15, 0.2) is 88.3 Å². The molecule has 1 heterocycles. The number of rotatable bonds is 4.